The second-order valence-corrected chi connectivity index (χ2v) is 11.1. The number of halogens is 2. The molecule has 0 aliphatic carbocycles. The first-order valence-corrected chi connectivity index (χ1v) is 14.2. The number of likely N-dealkylation sites (tertiary alicyclic amines) is 2. The lowest BCUT2D eigenvalue weighted by atomic mass is 9.94. The van der Waals surface area contributed by atoms with Gasteiger partial charge in [0.1, 0.15) is 0 Å². The Morgan fingerprint density at radius 1 is 1.00 bits per heavy atom. The molecule has 2 aromatic rings. The van der Waals surface area contributed by atoms with E-state index in [1.165, 1.54) is 12.1 Å². The van der Waals surface area contributed by atoms with Gasteiger partial charge in [0.05, 0.1) is 15.0 Å². The van der Waals surface area contributed by atoms with Gasteiger partial charge in [-0.15, -0.1) is 0 Å². The SMILES string of the molecule is CC(=O)N1CCC(C(=O)N(CCCN2CCC(Nc3ccc([N+](=O)[O-])cc3)CC2)c2ccc(Cl)c(Cl)c2)CC1. The van der Waals surface area contributed by atoms with Gasteiger partial charge in [0.15, 0.2) is 0 Å². The summed E-state index contributed by atoms with van der Waals surface area (Å²) in [5, 5.41) is 15.2. The summed E-state index contributed by atoms with van der Waals surface area (Å²) in [4.78, 5) is 41.8. The van der Waals surface area contributed by atoms with Crippen LogP contribution < -0.4 is 10.2 Å². The Bertz CT molecular complexity index is 1160. The molecule has 210 valence electrons. The molecule has 4 rings (SSSR count). The maximum absolute atomic E-state index is 13.6. The third kappa shape index (κ3) is 7.84. The Morgan fingerprint density at radius 2 is 1.67 bits per heavy atom. The summed E-state index contributed by atoms with van der Waals surface area (Å²) in [5.41, 5.74) is 1.73. The molecular formula is C28H35Cl2N5O4. The number of hydrogen-bond acceptors (Lipinski definition) is 6. The number of anilines is 2. The van der Waals surface area contributed by atoms with E-state index in [0.29, 0.717) is 48.6 Å². The van der Waals surface area contributed by atoms with Crippen molar-refractivity contribution in [3.05, 3.63) is 62.6 Å². The van der Waals surface area contributed by atoms with E-state index >= 15 is 0 Å². The molecule has 0 unspecified atom stereocenters. The van der Waals surface area contributed by atoms with Crippen molar-refractivity contribution in [1.29, 1.82) is 0 Å². The van der Waals surface area contributed by atoms with Gasteiger partial charge < -0.3 is 20.0 Å². The number of nitrogens with zero attached hydrogens (tertiary/aromatic N) is 4. The van der Waals surface area contributed by atoms with Crippen molar-refractivity contribution in [3.8, 4) is 0 Å². The van der Waals surface area contributed by atoms with Gasteiger partial charge in [-0.05, 0) is 69.0 Å². The summed E-state index contributed by atoms with van der Waals surface area (Å²) in [6, 6.07) is 12.2. The Kier molecular flexibility index (Phi) is 10.0. The molecule has 0 saturated carbocycles. The van der Waals surface area contributed by atoms with Crippen LogP contribution >= 0.6 is 23.2 Å². The molecule has 11 heteroatoms. The first-order valence-electron chi connectivity index (χ1n) is 13.5. The van der Waals surface area contributed by atoms with Crippen molar-refractivity contribution in [2.24, 2.45) is 5.92 Å². The summed E-state index contributed by atoms with van der Waals surface area (Å²) in [6.45, 7) is 6.10. The molecule has 2 aromatic carbocycles. The molecule has 1 N–H and O–H groups in total. The number of nitro benzene ring substituents is 1. The van der Waals surface area contributed by atoms with Gasteiger partial charge in [0.2, 0.25) is 11.8 Å². The van der Waals surface area contributed by atoms with Crippen LogP contribution in [0.25, 0.3) is 0 Å². The van der Waals surface area contributed by atoms with Crippen LogP contribution in [0.3, 0.4) is 0 Å². The molecule has 2 aliphatic rings. The molecule has 0 atom stereocenters. The van der Waals surface area contributed by atoms with E-state index in [-0.39, 0.29) is 23.4 Å². The number of carbonyl (C=O) groups is 2. The van der Waals surface area contributed by atoms with E-state index in [9.17, 15) is 19.7 Å². The minimum atomic E-state index is -0.393. The summed E-state index contributed by atoms with van der Waals surface area (Å²) in [5.74, 6) is -0.00663. The Morgan fingerprint density at radius 3 is 2.26 bits per heavy atom. The number of non-ortho nitro benzene ring substituents is 1. The number of benzene rings is 2. The fraction of sp³-hybridized carbons (Fsp3) is 0.500. The molecule has 0 spiro atoms. The van der Waals surface area contributed by atoms with Gasteiger partial charge >= 0.3 is 0 Å². The van der Waals surface area contributed by atoms with E-state index in [0.717, 1.165) is 50.3 Å². The van der Waals surface area contributed by atoms with E-state index in [2.05, 4.69) is 10.2 Å². The molecule has 2 amide bonds. The Labute approximate surface area is 239 Å². The van der Waals surface area contributed by atoms with E-state index < -0.39 is 4.92 Å². The predicted molar refractivity (Wildman–Crippen MR) is 155 cm³/mol. The van der Waals surface area contributed by atoms with Gasteiger partial charge in [0.25, 0.3) is 5.69 Å². The lowest BCUT2D eigenvalue weighted by Gasteiger charge is -2.35. The van der Waals surface area contributed by atoms with Gasteiger partial charge in [-0.25, -0.2) is 0 Å². The maximum Gasteiger partial charge on any atom is 0.269 e. The standard InChI is InChI=1S/C28H35Cl2N5O4/c1-20(36)33-17-9-21(10-18-33)28(37)34(25-7-8-26(29)27(30)19-25)14-2-13-32-15-11-23(12-16-32)31-22-3-5-24(6-4-22)35(38)39/h3-8,19,21,23,31H,2,9-18H2,1H3. The largest absolute Gasteiger partial charge is 0.382 e. The van der Waals surface area contributed by atoms with Crippen molar-refractivity contribution in [1.82, 2.24) is 9.80 Å². The highest BCUT2D eigenvalue weighted by atomic mass is 35.5. The van der Waals surface area contributed by atoms with Crippen molar-refractivity contribution >= 4 is 52.1 Å². The normalized spacial score (nSPS) is 17.2. The number of piperidine rings is 2. The Balaban J connectivity index is 1.29. The second-order valence-electron chi connectivity index (χ2n) is 10.3. The lowest BCUT2D eigenvalue weighted by molar-refractivity contribution is -0.384. The quantitative estimate of drug-likeness (QED) is 0.315. The Hall–Kier alpha value is -2.88. The second kappa shape index (κ2) is 13.5. The zero-order valence-electron chi connectivity index (χ0n) is 22.2. The third-order valence-electron chi connectivity index (χ3n) is 7.66. The number of amides is 2. The summed E-state index contributed by atoms with van der Waals surface area (Å²) < 4.78 is 0. The highest BCUT2D eigenvalue weighted by Gasteiger charge is 2.30. The lowest BCUT2D eigenvalue weighted by Crippen LogP contribution is -2.45. The van der Waals surface area contributed by atoms with Crippen LogP contribution in [0.1, 0.15) is 39.0 Å². The molecule has 0 radical (unpaired) electrons. The molecule has 39 heavy (non-hydrogen) atoms. The fourth-order valence-electron chi connectivity index (χ4n) is 5.35. The first-order chi connectivity index (χ1) is 18.7. The minimum Gasteiger partial charge on any atom is -0.382 e. The van der Waals surface area contributed by atoms with Crippen molar-refractivity contribution in [3.63, 3.8) is 0 Å². The topological polar surface area (TPSA) is 99.0 Å². The van der Waals surface area contributed by atoms with Gasteiger partial charge in [-0.1, -0.05) is 23.2 Å². The van der Waals surface area contributed by atoms with Crippen molar-refractivity contribution in [2.75, 3.05) is 49.5 Å². The molecular weight excluding hydrogens is 541 g/mol. The zero-order valence-corrected chi connectivity index (χ0v) is 23.7. The highest BCUT2D eigenvalue weighted by Crippen LogP contribution is 2.30. The van der Waals surface area contributed by atoms with E-state index in [4.69, 9.17) is 23.2 Å². The predicted octanol–water partition coefficient (Wildman–Crippen LogP) is 5.46. The number of nitro groups is 1. The highest BCUT2D eigenvalue weighted by molar-refractivity contribution is 6.42. The van der Waals surface area contributed by atoms with Crippen LogP contribution in [-0.2, 0) is 9.59 Å². The number of nitrogens with one attached hydrogen (secondary N) is 1. The van der Waals surface area contributed by atoms with E-state index in [1.807, 2.05) is 11.0 Å². The van der Waals surface area contributed by atoms with Gasteiger partial charge in [-0.3, -0.25) is 19.7 Å². The third-order valence-corrected chi connectivity index (χ3v) is 8.40. The number of rotatable bonds is 9. The zero-order chi connectivity index (χ0) is 27.9. The van der Waals surface area contributed by atoms with Crippen molar-refractivity contribution in [2.45, 2.75) is 45.1 Å². The average molecular weight is 577 g/mol. The monoisotopic (exact) mass is 575 g/mol. The molecule has 2 saturated heterocycles. The average Bonchev–Trinajstić information content (AvgIpc) is 2.93. The maximum atomic E-state index is 13.6. The molecule has 0 bridgehead atoms. The summed E-state index contributed by atoms with van der Waals surface area (Å²) in [6.07, 6.45) is 4.08. The summed E-state index contributed by atoms with van der Waals surface area (Å²) in [7, 11) is 0. The molecule has 2 aliphatic heterocycles. The van der Waals surface area contributed by atoms with Crippen LogP contribution in [0.5, 0.6) is 0 Å². The van der Waals surface area contributed by atoms with Crippen LogP contribution in [-0.4, -0.2) is 71.8 Å². The van der Waals surface area contributed by atoms with Crippen molar-refractivity contribution < 1.29 is 14.5 Å². The molecule has 2 fully saturated rings. The minimum absolute atomic E-state index is 0.0500. The molecule has 0 aromatic heterocycles. The smallest absolute Gasteiger partial charge is 0.269 e. The van der Waals surface area contributed by atoms with Crippen LogP contribution in [0.4, 0.5) is 17.1 Å². The van der Waals surface area contributed by atoms with Crippen LogP contribution in [0, 0.1) is 16.0 Å². The van der Waals surface area contributed by atoms with Crippen LogP contribution in [0.15, 0.2) is 42.5 Å². The molecule has 2 heterocycles. The number of carbonyl (C=O) groups excluding carboxylic acids is 2. The fourth-order valence-corrected chi connectivity index (χ4v) is 5.64. The number of hydrogen-bond donors (Lipinski definition) is 1. The van der Waals surface area contributed by atoms with Gasteiger partial charge in [-0.2, -0.15) is 0 Å². The first kappa shape index (κ1) is 29.1. The van der Waals surface area contributed by atoms with Gasteiger partial charge in [0, 0.05) is 75.1 Å². The van der Waals surface area contributed by atoms with Crippen LogP contribution in [0.2, 0.25) is 10.0 Å². The summed E-state index contributed by atoms with van der Waals surface area (Å²) >= 11 is 12.4. The molecule has 9 nitrogen and oxygen atoms in total. The van der Waals surface area contributed by atoms with E-state index in [1.54, 1.807) is 36.1 Å².